The third-order valence-corrected chi connectivity index (χ3v) is 13.8. The first-order valence-electron chi connectivity index (χ1n) is 21.7. The number of likely N-dealkylation sites (tertiary alicyclic amines) is 1. The standard InChI is InChI=1S/C47H52N8O8S2/c1-28(2)49-46-52-39(27-64-46)38-24-41(35-19-18-33(62-4)22-37(35)51-38)63-34-23-40(55(26-34)44(58)30-13-12-15-32(21-30)50-29(3)56)43(57)53-47-25-31(47)14-8-6-5-7-11-20-48-36-16-9-10-17-42(36)65(60,61)54-45(47)59/h8-10,12-19,21-22,24,27-28,31,34,40,48H,5-7,11,20,23,25-26H2,1-4H3,(H,49,52)(H,50,56)(H,53,57)(H,54,59)/t31-,34-,40+,47-/m1/s1. The summed E-state index contributed by atoms with van der Waals surface area (Å²) >= 11 is 1.45. The summed E-state index contributed by atoms with van der Waals surface area (Å²) in [7, 11) is -2.82. The Bertz CT molecular complexity index is 2780. The molecule has 2 fully saturated rings. The number of aromatic nitrogens is 2. The number of para-hydroxylation sites is 1. The van der Waals surface area contributed by atoms with Crippen LogP contribution in [0, 0.1) is 5.92 Å². The van der Waals surface area contributed by atoms with Crippen molar-refractivity contribution in [3.8, 4) is 22.9 Å². The molecule has 0 unspecified atom stereocenters. The number of methoxy groups -OCH3 is 1. The predicted molar refractivity (Wildman–Crippen MR) is 250 cm³/mol. The molecule has 2 aromatic heterocycles. The zero-order chi connectivity index (χ0) is 45.9. The number of ether oxygens (including phenoxy) is 2. The fourth-order valence-electron chi connectivity index (χ4n) is 8.32. The Morgan fingerprint density at radius 2 is 1.82 bits per heavy atom. The molecule has 1 aliphatic carbocycles. The molecule has 0 radical (unpaired) electrons. The Balaban J connectivity index is 1.13. The van der Waals surface area contributed by atoms with Crippen molar-refractivity contribution < 1.29 is 37.1 Å². The molecule has 4 heterocycles. The van der Waals surface area contributed by atoms with Gasteiger partial charge in [0.1, 0.15) is 39.8 Å². The van der Waals surface area contributed by atoms with E-state index in [0.29, 0.717) is 51.7 Å². The number of pyridine rings is 1. The number of thiazole rings is 1. The molecule has 340 valence electrons. The summed E-state index contributed by atoms with van der Waals surface area (Å²) in [5, 5.41) is 15.5. The van der Waals surface area contributed by atoms with Crippen LogP contribution in [0.1, 0.15) is 69.7 Å². The summed E-state index contributed by atoms with van der Waals surface area (Å²) in [5.74, 6) is -1.84. The van der Waals surface area contributed by atoms with Gasteiger partial charge >= 0.3 is 0 Å². The van der Waals surface area contributed by atoms with Crippen LogP contribution >= 0.6 is 11.3 Å². The van der Waals surface area contributed by atoms with E-state index in [1.54, 1.807) is 61.7 Å². The van der Waals surface area contributed by atoms with Crippen molar-refractivity contribution >= 4 is 72.4 Å². The van der Waals surface area contributed by atoms with E-state index < -0.39 is 51.3 Å². The van der Waals surface area contributed by atoms with Gasteiger partial charge in [-0.05, 0) is 82.0 Å². The molecule has 3 aliphatic rings. The van der Waals surface area contributed by atoms with Gasteiger partial charge < -0.3 is 35.6 Å². The summed E-state index contributed by atoms with van der Waals surface area (Å²) in [5.41, 5.74) is 1.10. The second-order valence-corrected chi connectivity index (χ2v) is 19.4. The Kier molecular flexibility index (Phi) is 13.1. The fraction of sp³-hybridized carbons (Fsp3) is 0.362. The lowest BCUT2D eigenvalue weighted by Gasteiger charge is -2.26. The van der Waals surface area contributed by atoms with E-state index in [0.717, 1.165) is 30.8 Å². The van der Waals surface area contributed by atoms with Crippen molar-refractivity contribution in [1.29, 1.82) is 0 Å². The number of allylic oxidation sites excluding steroid dienone is 1. The number of carbonyl (C=O) groups excluding carboxylic acids is 4. The van der Waals surface area contributed by atoms with Crippen LogP contribution in [0.2, 0.25) is 0 Å². The van der Waals surface area contributed by atoms with Crippen molar-refractivity contribution in [3.05, 3.63) is 95.9 Å². The van der Waals surface area contributed by atoms with E-state index >= 15 is 0 Å². The number of hydrogen-bond donors (Lipinski definition) is 5. The highest BCUT2D eigenvalue weighted by Gasteiger charge is 2.61. The summed E-state index contributed by atoms with van der Waals surface area (Å²) in [4.78, 5) is 66.6. The van der Waals surface area contributed by atoms with Crippen LogP contribution in [0.4, 0.5) is 16.5 Å². The van der Waals surface area contributed by atoms with Crippen LogP contribution < -0.4 is 35.5 Å². The highest BCUT2D eigenvalue weighted by Crippen LogP contribution is 2.46. The van der Waals surface area contributed by atoms with Crippen molar-refractivity contribution in [1.82, 2.24) is 24.9 Å². The van der Waals surface area contributed by atoms with Gasteiger partial charge in [0.05, 0.1) is 30.6 Å². The minimum absolute atomic E-state index is 0.0208. The summed E-state index contributed by atoms with van der Waals surface area (Å²) in [6, 6.07) is 19.0. The molecule has 1 saturated heterocycles. The molecule has 0 spiro atoms. The topological polar surface area (TPSA) is 210 Å². The van der Waals surface area contributed by atoms with Crippen LogP contribution in [-0.2, 0) is 24.4 Å². The average Bonchev–Trinajstić information content (AvgIpc) is 3.53. The highest BCUT2D eigenvalue weighted by molar-refractivity contribution is 7.90. The molecule has 5 N–H and O–H groups in total. The van der Waals surface area contributed by atoms with E-state index in [1.807, 2.05) is 37.4 Å². The maximum Gasteiger partial charge on any atom is 0.266 e. The Morgan fingerprint density at radius 3 is 2.62 bits per heavy atom. The predicted octanol–water partition coefficient (Wildman–Crippen LogP) is 6.73. The largest absolute Gasteiger partial charge is 0.497 e. The summed E-state index contributed by atoms with van der Waals surface area (Å²) in [6.45, 7) is 5.94. The smallest absolute Gasteiger partial charge is 0.266 e. The van der Waals surface area contributed by atoms with E-state index in [2.05, 4.69) is 26.0 Å². The maximum atomic E-state index is 14.8. The van der Waals surface area contributed by atoms with Gasteiger partial charge in [0.15, 0.2) is 5.13 Å². The van der Waals surface area contributed by atoms with Crippen molar-refractivity contribution in [3.63, 3.8) is 0 Å². The molecule has 8 rings (SSSR count). The first kappa shape index (κ1) is 45.1. The van der Waals surface area contributed by atoms with Gasteiger partial charge in [-0.25, -0.2) is 23.1 Å². The average molecular weight is 921 g/mol. The first-order valence-corrected chi connectivity index (χ1v) is 24.0. The lowest BCUT2D eigenvalue weighted by molar-refractivity contribution is -0.131. The minimum atomic E-state index is -4.39. The van der Waals surface area contributed by atoms with Crippen LogP contribution in [0.25, 0.3) is 22.3 Å². The molecule has 4 amide bonds. The second kappa shape index (κ2) is 18.9. The number of fused-ring (bicyclic) bond motifs is 3. The number of amides is 4. The van der Waals surface area contributed by atoms with Gasteiger partial charge in [0.25, 0.3) is 21.8 Å². The van der Waals surface area contributed by atoms with Crippen LogP contribution in [0.15, 0.2) is 95.2 Å². The molecule has 1 saturated carbocycles. The zero-order valence-corrected chi connectivity index (χ0v) is 38.2. The van der Waals surface area contributed by atoms with Crippen molar-refractivity contribution in [2.45, 2.75) is 87.9 Å². The Labute approximate surface area is 381 Å². The van der Waals surface area contributed by atoms with Crippen LogP contribution in [-0.4, -0.2) is 90.8 Å². The van der Waals surface area contributed by atoms with Gasteiger partial charge in [-0.1, -0.05) is 36.8 Å². The monoisotopic (exact) mass is 920 g/mol. The minimum Gasteiger partial charge on any atom is -0.497 e. The zero-order valence-electron chi connectivity index (χ0n) is 36.6. The Morgan fingerprint density at radius 1 is 0.985 bits per heavy atom. The third kappa shape index (κ3) is 10.1. The molecule has 18 heteroatoms. The number of sulfonamides is 1. The lowest BCUT2D eigenvalue weighted by atomic mass is 10.1. The van der Waals surface area contributed by atoms with Gasteiger partial charge in [-0.2, -0.15) is 0 Å². The number of benzene rings is 3. The number of hydrogen-bond acceptors (Lipinski definition) is 13. The van der Waals surface area contributed by atoms with E-state index in [1.165, 1.54) is 35.3 Å². The number of anilines is 3. The number of nitrogens with zero attached hydrogens (tertiary/aromatic N) is 3. The molecule has 2 aliphatic heterocycles. The maximum absolute atomic E-state index is 14.8. The highest BCUT2D eigenvalue weighted by atomic mass is 32.2. The molecule has 0 bridgehead atoms. The van der Waals surface area contributed by atoms with E-state index in [9.17, 15) is 27.6 Å². The van der Waals surface area contributed by atoms with Crippen LogP contribution in [0.3, 0.4) is 0 Å². The van der Waals surface area contributed by atoms with Gasteiger partial charge in [-0.3, -0.25) is 19.2 Å². The normalized spacial score (nSPS) is 21.7. The first-order chi connectivity index (χ1) is 31.2. The second-order valence-electron chi connectivity index (χ2n) is 16.8. The number of nitrogens with one attached hydrogen (secondary N) is 5. The molecular formula is C47H52N8O8S2. The quantitative estimate of drug-likeness (QED) is 0.0924. The van der Waals surface area contributed by atoms with Gasteiger partial charge in [0.2, 0.25) is 11.8 Å². The van der Waals surface area contributed by atoms with E-state index in [-0.39, 0.29) is 41.8 Å². The van der Waals surface area contributed by atoms with Gasteiger partial charge in [-0.15, -0.1) is 11.3 Å². The van der Waals surface area contributed by atoms with Gasteiger partial charge in [0, 0.05) is 66.0 Å². The van der Waals surface area contributed by atoms with Crippen molar-refractivity contribution in [2.75, 3.05) is 36.1 Å². The molecule has 65 heavy (non-hydrogen) atoms. The molecule has 5 aromatic rings. The summed E-state index contributed by atoms with van der Waals surface area (Å²) in [6.07, 6.45) is 6.63. The van der Waals surface area contributed by atoms with Crippen LogP contribution in [0.5, 0.6) is 11.5 Å². The molecule has 16 nitrogen and oxygen atoms in total. The lowest BCUT2D eigenvalue weighted by Crippen LogP contribution is -2.56. The number of rotatable bonds is 10. The summed E-state index contributed by atoms with van der Waals surface area (Å²) < 4.78 is 42.3. The Hall–Kier alpha value is -6.53. The SMILES string of the molecule is COc1ccc2c(O[C@@H]3C[C@@H](C(=O)N[C@]45C[C@H]4C=CCCCCCNc4ccccc4S(=O)(=O)NC5=O)N(C(=O)c4cccc(NC(C)=O)c4)C3)cc(-c3csc(NC(C)C)n3)nc2c1. The third-order valence-electron chi connectivity index (χ3n) is 11.6. The molecule has 4 atom stereocenters. The van der Waals surface area contributed by atoms with Crippen molar-refractivity contribution in [2.24, 2.45) is 5.92 Å². The molecular weight excluding hydrogens is 869 g/mol. The fourth-order valence-corrected chi connectivity index (χ4v) is 10.4. The number of carbonyl (C=O) groups is 4. The molecule has 3 aromatic carbocycles. The van der Waals surface area contributed by atoms with E-state index in [4.69, 9.17) is 19.4 Å².